The number of hydrogen-bond acceptors (Lipinski definition) is 5. The van der Waals surface area contributed by atoms with Crippen LogP contribution in [-0.4, -0.2) is 42.3 Å². The second-order valence-electron chi connectivity index (χ2n) is 7.15. The molecule has 0 aromatic carbocycles. The molecule has 0 radical (unpaired) electrons. The lowest BCUT2D eigenvalue weighted by atomic mass is 9.95. The number of amides is 2. The average Bonchev–Trinajstić information content (AvgIpc) is 2.46. The molecule has 1 aliphatic rings. The predicted molar refractivity (Wildman–Crippen MR) is 89.4 cm³/mol. The van der Waals surface area contributed by atoms with Crippen LogP contribution in [0.3, 0.4) is 0 Å². The van der Waals surface area contributed by atoms with Crippen LogP contribution in [0.4, 0.5) is 4.79 Å². The highest BCUT2D eigenvalue weighted by molar-refractivity contribution is 5.83. The summed E-state index contributed by atoms with van der Waals surface area (Å²) in [5.74, 6) is -0.798. The molecule has 0 spiro atoms. The molecule has 1 fully saturated rings. The number of ether oxygens (including phenoxy) is 2. The Bertz CT molecular complexity index is 439. The topological polar surface area (TPSA) is 93.7 Å². The van der Waals surface area contributed by atoms with Crippen molar-refractivity contribution >= 4 is 18.0 Å². The average molecular weight is 342 g/mol. The highest BCUT2D eigenvalue weighted by Crippen LogP contribution is 2.17. The van der Waals surface area contributed by atoms with Crippen molar-refractivity contribution in [1.29, 1.82) is 0 Å². The first-order chi connectivity index (χ1) is 11.2. The predicted octanol–water partition coefficient (Wildman–Crippen LogP) is 2.28. The fraction of sp³-hybridized carbons (Fsp3) is 0.824. The van der Waals surface area contributed by atoms with Gasteiger partial charge in [0.05, 0.1) is 6.42 Å². The lowest BCUT2D eigenvalue weighted by Gasteiger charge is -2.24. The van der Waals surface area contributed by atoms with Gasteiger partial charge < -0.3 is 20.1 Å². The second-order valence-corrected chi connectivity index (χ2v) is 7.15. The molecule has 0 heterocycles. The van der Waals surface area contributed by atoms with Gasteiger partial charge in [0, 0.05) is 12.6 Å². The van der Waals surface area contributed by atoms with E-state index in [4.69, 9.17) is 9.47 Å². The standard InChI is InChI=1S/C17H30N2O5/c1-12(15(21)19-13-8-6-5-7-9-13)23-14(20)10-11-18-16(22)24-17(2,3)4/h12-13H,5-11H2,1-4H3,(H,18,22)(H,19,21)/t12-/m1/s1. The Morgan fingerprint density at radius 3 is 2.33 bits per heavy atom. The Morgan fingerprint density at radius 1 is 1.12 bits per heavy atom. The van der Waals surface area contributed by atoms with Gasteiger partial charge in [-0.3, -0.25) is 9.59 Å². The highest BCUT2D eigenvalue weighted by atomic mass is 16.6. The zero-order chi connectivity index (χ0) is 18.2. The molecule has 1 saturated carbocycles. The molecule has 2 N–H and O–H groups in total. The maximum absolute atomic E-state index is 12.0. The van der Waals surface area contributed by atoms with Gasteiger partial charge in [-0.15, -0.1) is 0 Å². The minimum Gasteiger partial charge on any atom is -0.452 e. The molecule has 0 aliphatic heterocycles. The molecule has 0 bridgehead atoms. The Hall–Kier alpha value is -1.79. The summed E-state index contributed by atoms with van der Waals surface area (Å²) < 4.78 is 10.2. The van der Waals surface area contributed by atoms with Gasteiger partial charge >= 0.3 is 12.1 Å². The van der Waals surface area contributed by atoms with Crippen LogP contribution in [0.15, 0.2) is 0 Å². The molecule has 1 rings (SSSR count). The minimum atomic E-state index is -0.832. The van der Waals surface area contributed by atoms with Gasteiger partial charge in [0.1, 0.15) is 5.60 Å². The molecular formula is C17H30N2O5. The van der Waals surface area contributed by atoms with Gasteiger partial charge in [0.15, 0.2) is 6.10 Å². The molecule has 0 unspecified atom stereocenters. The van der Waals surface area contributed by atoms with E-state index in [0.717, 1.165) is 25.7 Å². The number of hydrogen-bond donors (Lipinski definition) is 2. The van der Waals surface area contributed by atoms with Crippen LogP contribution in [0.1, 0.15) is 66.2 Å². The summed E-state index contributed by atoms with van der Waals surface area (Å²) in [6.07, 6.45) is 3.98. The second kappa shape index (κ2) is 9.49. The summed E-state index contributed by atoms with van der Waals surface area (Å²) in [6.45, 7) is 6.93. The van der Waals surface area contributed by atoms with Gasteiger partial charge in [0.25, 0.3) is 5.91 Å². The van der Waals surface area contributed by atoms with Crippen molar-refractivity contribution in [1.82, 2.24) is 10.6 Å². The molecule has 7 nitrogen and oxygen atoms in total. The first-order valence-electron chi connectivity index (χ1n) is 8.64. The fourth-order valence-electron chi connectivity index (χ4n) is 2.46. The normalized spacial score (nSPS) is 16.8. The Kier molecular flexibility index (Phi) is 8.01. The van der Waals surface area contributed by atoms with E-state index in [1.807, 2.05) is 0 Å². The third kappa shape index (κ3) is 8.74. The van der Waals surface area contributed by atoms with Gasteiger partial charge in [0.2, 0.25) is 0 Å². The van der Waals surface area contributed by atoms with Crippen molar-refractivity contribution < 1.29 is 23.9 Å². The Balaban J connectivity index is 2.21. The molecule has 24 heavy (non-hydrogen) atoms. The number of carbonyl (C=O) groups is 3. The van der Waals surface area contributed by atoms with Gasteiger partial charge in [-0.25, -0.2) is 4.79 Å². The zero-order valence-electron chi connectivity index (χ0n) is 15.1. The van der Waals surface area contributed by atoms with Gasteiger partial charge in [-0.2, -0.15) is 0 Å². The maximum atomic E-state index is 12.0. The quantitative estimate of drug-likeness (QED) is 0.722. The first kappa shape index (κ1) is 20.3. The van der Waals surface area contributed by atoms with E-state index >= 15 is 0 Å². The summed E-state index contributed by atoms with van der Waals surface area (Å²) in [4.78, 5) is 35.2. The van der Waals surface area contributed by atoms with E-state index < -0.39 is 23.8 Å². The van der Waals surface area contributed by atoms with Gasteiger partial charge in [-0.1, -0.05) is 19.3 Å². The van der Waals surface area contributed by atoms with Crippen LogP contribution in [0.2, 0.25) is 0 Å². The summed E-state index contributed by atoms with van der Waals surface area (Å²) in [7, 11) is 0. The third-order valence-electron chi connectivity index (χ3n) is 3.63. The molecule has 0 aromatic rings. The van der Waals surface area contributed by atoms with Crippen LogP contribution < -0.4 is 10.6 Å². The minimum absolute atomic E-state index is 0.0136. The van der Waals surface area contributed by atoms with Crippen molar-refractivity contribution in [2.75, 3.05) is 6.54 Å². The number of rotatable bonds is 6. The lowest BCUT2D eigenvalue weighted by Crippen LogP contribution is -2.43. The van der Waals surface area contributed by atoms with Crippen LogP contribution in [-0.2, 0) is 19.1 Å². The first-order valence-corrected chi connectivity index (χ1v) is 8.64. The summed E-state index contributed by atoms with van der Waals surface area (Å²) >= 11 is 0. The van der Waals surface area contributed by atoms with Crippen molar-refractivity contribution in [2.24, 2.45) is 0 Å². The molecular weight excluding hydrogens is 312 g/mol. The van der Waals surface area contributed by atoms with Crippen molar-refractivity contribution in [3.63, 3.8) is 0 Å². The van der Waals surface area contributed by atoms with E-state index in [0.29, 0.717) is 0 Å². The smallest absolute Gasteiger partial charge is 0.407 e. The van der Waals surface area contributed by atoms with E-state index in [1.165, 1.54) is 6.42 Å². The van der Waals surface area contributed by atoms with Crippen molar-refractivity contribution in [2.45, 2.75) is 84.0 Å². The van der Waals surface area contributed by atoms with E-state index in [-0.39, 0.29) is 24.9 Å². The van der Waals surface area contributed by atoms with E-state index in [9.17, 15) is 14.4 Å². The summed E-state index contributed by atoms with van der Waals surface area (Å²) in [5, 5.41) is 5.39. The van der Waals surface area contributed by atoms with Crippen LogP contribution in [0, 0.1) is 0 Å². The number of alkyl carbamates (subject to hydrolysis) is 1. The number of carbonyl (C=O) groups excluding carboxylic acids is 3. The maximum Gasteiger partial charge on any atom is 0.407 e. The molecule has 7 heteroatoms. The highest BCUT2D eigenvalue weighted by Gasteiger charge is 2.22. The lowest BCUT2D eigenvalue weighted by molar-refractivity contribution is -0.155. The van der Waals surface area contributed by atoms with Crippen molar-refractivity contribution in [3.05, 3.63) is 0 Å². The molecule has 0 aromatic heterocycles. The third-order valence-corrected chi connectivity index (χ3v) is 3.63. The van der Waals surface area contributed by atoms with E-state index in [2.05, 4.69) is 10.6 Å². The fourth-order valence-corrected chi connectivity index (χ4v) is 2.46. The van der Waals surface area contributed by atoms with Gasteiger partial charge in [-0.05, 0) is 40.5 Å². The summed E-state index contributed by atoms with van der Waals surface area (Å²) in [5.41, 5.74) is -0.587. The number of nitrogens with one attached hydrogen (secondary N) is 2. The summed E-state index contributed by atoms with van der Waals surface area (Å²) in [6, 6.07) is 0.182. The van der Waals surface area contributed by atoms with E-state index in [1.54, 1.807) is 27.7 Å². The zero-order valence-corrected chi connectivity index (χ0v) is 15.1. The van der Waals surface area contributed by atoms with Crippen molar-refractivity contribution in [3.8, 4) is 0 Å². The Labute approximate surface area is 143 Å². The number of esters is 1. The molecule has 138 valence electrons. The van der Waals surface area contributed by atoms with Crippen LogP contribution in [0.25, 0.3) is 0 Å². The Morgan fingerprint density at radius 2 is 1.75 bits per heavy atom. The molecule has 1 aliphatic carbocycles. The van der Waals surface area contributed by atoms with Crippen LogP contribution in [0.5, 0.6) is 0 Å². The SMILES string of the molecule is C[C@@H](OC(=O)CCNC(=O)OC(C)(C)C)C(=O)NC1CCCCC1. The molecule has 2 amide bonds. The molecule has 1 atom stereocenters. The largest absolute Gasteiger partial charge is 0.452 e. The molecule has 0 saturated heterocycles. The van der Waals surface area contributed by atoms with Crippen LogP contribution >= 0.6 is 0 Å². The monoisotopic (exact) mass is 342 g/mol.